The van der Waals surface area contributed by atoms with E-state index < -0.39 is 0 Å². The summed E-state index contributed by atoms with van der Waals surface area (Å²) in [4.78, 5) is 0. The van der Waals surface area contributed by atoms with Crippen LogP contribution in [0.2, 0.25) is 18.1 Å². The predicted molar refractivity (Wildman–Crippen MR) is 98.4 cm³/mol. The molecule has 1 aliphatic heterocycles. The summed E-state index contributed by atoms with van der Waals surface area (Å²) in [6.45, 7) is 5.11. The molecule has 0 saturated carbocycles. The minimum absolute atomic E-state index is 0.0367. The maximum Gasteiger partial charge on any atom is 0.119 e. The first-order valence-electron chi connectivity index (χ1n) is 9.37. The zero-order chi connectivity index (χ0) is 15.6. The van der Waals surface area contributed by atoms with Crippen LogP contribution in [0.1, 0.15) is 57.9 Å². The maximum absolute atomic E-state index is 5.51. The van der Waals surface area contributed by atoms with Gasteiger partial charge in [0, 0.05) is 8.80 Å². The van der Waals surface area contributed by atoms with Gasteiger partial charge in [-0.25, -0.2) is 0 Å². The molecule has 0 atom stereocenters. The van der Waals surface area contributed by atoms with Crippen molar-refractivity contribution in [3.63, 3.8) is 0 Å². The summed E-state index contributed by atoms with van der Waals surface area (Å²) in [6, 6.07) is 13.5. The Labute approximate surface area is 139 Å². The van der Waals surface area contributed by atoms with Crippen LogP contribution in [0.5, 0.6) is 5.75 Å². The third-order valence-electron chi connectivity index (χ3n) is 5.02. The van der Waals surface area contributed by atoms with Crippen molar-refractivity contribution < 1.29 is 4.74 Å². The Morgan fingerprint density at radius 1 is 1.05 bits per heavy atom. The first-order chi connectivity index (χ1) is 10.8. The Morgan fingerprint density at radius 3 is 2.41 bits per heavy atom. The lowest BCUT2D eigenvalue weighted by atomic mass is 9.94. The SMILES string of the molecule is CCCCC[Si]1CCC(CCc2ccc(OCC)cc2)CC1. The zero-order valence-electron chi connectivity index (χ0n) is 14.6. The van der Waals surface area contributed by atoms with E-state index in [2.05, 4.69) is 31.2 Å². The normalized spacial score (nSPS) is 16.8. The molecule has 0 amide bonds. The fourth-order valence-electron chi connectivity index (χ4n) is 3.54. The Kier molecular flexibility index (Phi) is 8.07. The molecular formula is C20H33OSi. The third-order valence-corrected chi connectivity index (χ3v) is 8.07. The molecule has 0 N–H and O–H groups in total. The zero-order valence-corrected chi connectivity index (χ0v) is 15.6. The predicted octanol–water partition coefficient (Wildman–Crippen LogP) is 6.11. The van der Waals surface area contributed by atoms with Crippen molar-refractivity contribution in [1.82, 2.24) is 0 Å². The average molecular weight is 318 g/mol. The van der Waals surface area contributed by atoms with E-state index in [0.29, 0.717) is 0 Å². The van der Waals surface area contributed by atoms with Gasteiger partial charge in [-0.1, -0.05) is 69.3 Å². The van der Waals surface area contributed by atoms with Gasteiger partial charge in [-0.3, -0.25) is 0 Å². The van der Waals surface area contributed by atoms with E-state index in [4.69, 9.17) is 4.74 Å². The Hall–Kier alpha value is -0.763. The van der Waals surface area contributed by atoms with Crippen LogP contribution in [-0.4, -0.2) is 15.4 Å². The van der Waals surface area contributed by atoms with Crippen LogP contribution in [0.3, 0.4) is 0 Å². The molecule has 0 aromatic heterocycles. The third kappa shape index (κ3) is 6.16. The summed E-state index contributed by atoms with van der Waals surface area (Å²) in [7, 11) is 0.0367. The molecule has 1 aliphatic rings. The largest absolute Gasteiger partial charge is 0.494 e. The van der Waals surface area contributed by atoms with E-state index in [1.807, 2.05) is 6.92 Å². The highest BCUT2D eigenvalue weighted by atomic mass is 28.3. The Morgan fingerprint density at radius 2 is 1.77 bits per heavy atom. The first-order valence-corrected chi connectivity index (χ1v) is 11.5. The van der Waals surface area contributed by atoms with Gasteiger partial charge in [0.05, 0.1) is 6.61 Å². The van der Waals surface area contributed by atoms with E-state index in [1.165, 1.54) is 50.5 Å². The molecule has 1 saturated heterocycles. The summed E-state index contributed by atoms with van der Waals surface area (Å²) in [6.07, 6.45) is 9.98. The van der Waals surface area contributed by atoms with Crippen molar-refractivity contribution in [2.24, 2.45) is 5.92 Å². The molecule has 22 heavy (non-hydrogen) atoms. The van der Waals surface area contributed by atoms with Crippen LogP contribution in [-0.2, 0) is 6.42 Å². The van der Waals surface area contributed by atoms with Gasteiger partial charge in [0.25, 0.3) is 0 Å². The number of rotatable bonds is 9. The number of unbranched alkanes of at least 4 members (excludes halogenated alkanes) is 2. The van der Waals surface area contributed by atoms with Gasteiger partial charge in [-0.15, -0.1) is 0 Å². The van der Waals surface area contributed by atoms with E-state index in [0.717, 1.165) is 18.3 Å². The van der Waals surface area contributed by atoms with Crippen LogP contribution < -0.4 is 4.74 Å². The molecule has 2 heteroatoms. The molecule has 1 heterocycles. The van der Waals surface area contributed by atoms with E-state index >= 15 is 0 Å². The Bertz CT molecular complexity index is 393. The fraction of sp³-hybridized carbons (Fsp3) is 0.700. The second-order valence-electron chi connectivity index (χ2n) is 6.77. The van der Waals surface area contributed by atoms with Gasteiger partial charge in [-0.05, 0) is 43.4 Å². The summed E-state index contributed by atoms with van der Waals surface area (Å²) in [5, 5.41) is 0. The molecule has 1 fully saturated rings. The molecular weight excluding hydrogens is 284 g/mol. The van der Waals surface area contributed by atoms with Gasteiger partial charge in [-0.2, -0.15) is 0 Å². The van der Waals surface area contributed by atoms with Gasteiger partial charge < -0.3 is 4.74 Å². The van der Waals surface area contributed by atoms with E-state index in [9.17, 15) is 0 Å². The molecule has 0 spiro atoms. The van der Waals surface area contributed by atoms with Gasteiger partial charge in [0.15, 0.2) is 0 Å². The highest BCUT2D eigenvalue weighted by molar-refractivity contribution is 6.58. The lowest BCUT2D eigenvalue weighted by Gasteiger charge is -2.27. The van der Waals surface area contributed by atoms with Crippen LogP contribution in [0, 0.1) is 5.92 Å². The van der Waals surface area contributed by atoms with Gasteiger partial charge >= 0.3 is 0 Å². The van der Waals surface area contributed by atoms with Gasteiger partial charge in [0.2, 0.25) is 0 Å². The first kappa shape index (κ1) is 17.6. The van der Waals surface area contributed by atoms with Crippen molar-refractivity contribution >= 4 is 8.80 Å². The summed E-state index contributed by atoms with van der Waals surface area (Å²) in [5.74, 6) is 2.00. The fourth-order valence-corrected chi connectivity index (χ4v) is 6.67. The monoisotopic (exact) mass is 317 g/mol. The molecule has 0 unspecified atom stereocenters. The summed E-state index contributed by atoms with van der Waals surface area (Å²) in [5.41, 5.74) is 1.47. The van der Waals surface area contributed by atoms with Crippen molar-refractivity contribution in [3.05, 3.63) is 29.8 Å². The van der Waals surface area contributed by atoms with E-state index in [1.54, 1.807) is 18.1 Å². The minimum atomic E-state index is 0.0367. The quantitative estimate of drug-likeness (QED) is 0.394. The van der Waals surface area contributed by atoms with Crippen molar-refractivity contribution in [2.75, 3.05) is 6.61 Å². The summed E-state index contributed by atoms with van der Waals surface area (Å²) < 4.78 is 5.51. The molecule has 123 valence electrons. The molecule has 1 aromatic carbocycles. The van der Waals surface area contributed by atoms with Crippen LogP contribution in [0.25, 0.3) is 0 Å². The number of benzene rings is 1. The lowest BCUT2D eigenvalue weighted by Crippen LogP contribution is -2.21. The van der Waals surface area contributed by atoms with Crippen molar-refractivity contribution in [1.29, 1.82) is 0 Å². The topological polar surface area (TPSA) is 9.23 Å². The second-order valence-corrected chi connectivity index (χ2v) is 9.77. The highest BCUT2D eigenvalue weighted by Gasteiger charge is 2.21. The van der Waals surface area contributed by atoms with Crippen molar-refractivity contribution in [3.8, 4) is 5.75 Å². The number of hydrogen-bond donors (Lipinski definition) is 0. The molecule has 2 rings (SSSR count). The van der Waals surface area contributed by atoms with Crippen molar-refractivity contribution in [2.45, 2.75) is 76.9 Å². The number of aryl methyl sites for hydroxylation is 1. The van der Waals surface area contributed by atoms with Crippen LogP contribution >= 0.6 is 0 Å². The van der Waals surface area contributed by atoms with Crippen LogP contribution in [0.4, 0.5) is 0 Å². The summed E-state index contributed by atoms with van der Waals surface area (Å²) >= 11 is 0. The second kappa shape index (κ2) is 10.1. The lowest BCUT2D eigenvalue weighted by molar-refractivity contribution is 0.340. The molecule has 1 nitrogen and oxygen atoms in total. The molecule has 1 radical (unpaired) electrons. The molecule has 0 aliphatic carbocycles. The Balaban J connectivity index is 1.64. The molecule has 0 bridgehead atoms. The minimum Gasteiger partial charge on any atom is -0.494 e. The maximum atomic E-state index is 5.51. The van der Waals surface area contributed by atoms with E-state index in [-0.39, 0.29) is 8.80 Å². The standard InChI is InChI=1S/C20H33OSi/c1-3-5-6-15-22-16-13-19(14-17-22)8-7-18-9-11-20(12-10-18)21-4-2/h9-12,19H,3-8,13-17H2,1-2H3. The van der Waals surface area contributed by atoms with Crippen LogP contribution in [0.15, 0.2) is 24.3 Å². The van der Waals surface area contributed by atoms with Gasteiger partial charge in [0.1, 0.15) is 5.75 Å². The smallest absolute Gasteiger partial charge is 0.119 e. The number of ether oxygens (including phenoxy) is 1. The number of hydrogen-bond acceptors (Lipinski definition) is 1. The highest BCUT2D eigenvalue weighted by Crippen LogP contribution is 2.31. The average Bonchev–Trinajstić information content (AvgIpc) is 2.56. The molecule has 1 aromatic rings.